The predicted molar refractivity (Wildman–Crippen MR) is 191 cm³/mol. The lowest BCUT2D eigenvalue weighted by Gasteiger charge is -2.13. The van der Waals surface area contributed by atoms with E-state index in [2.05, 4.69) is 155 Å². The summed E-state index contributed by atoms with van der Waals surface area (Å²) in [5.74, 6) is 0.663. The number of nitrogens with zero attached hydrogens (tertiary/aromatic N) is 4. The van der Waals surface area contributed by atoms with Crippen LogP contribution in [0.4, 0.5) is 0 Å². The molecule has 0 atom stereocenters. The van der Waals surface area contributed by atoms with E-state index in [1.165, 1.54) is 43.5 Å². The van der Waals surface area contributed by atoms with E-state index in [0.29, 0.717) is 5.95 Å². The molecule has 0 aliphatic carbocycles. The molecule has 0 amide bonds. The van der Waals surface area contributed by atoms with Crippen LogP contribution in [0, 0.1) is 0 Å². The van der Waals surface area contributed by atoms with Gasteiger partial charge in [-0.05, 0) is 41.8 Å². The fraction of sp³-hybridized carbons (Fsp3) is 0. The topological polar surface area (TPSA) is 35.6 Å². The van der Waals surface area contributed by atoms with Gasteiger partial charge in [0, 0.05) is 37.9 Å². The molecule has 10 aromatic rings. The molecular weight excluding hydrogens is 560 g/mol. The van der Waals surface area contributed by atoms with E-state index >= 15 is 0 Å². The molecule has 0 aliphatic rings. The summed E-state index contributed by atoms with van der Waals surface area (Å²) in [5.41, 5.74) is 8.58. The van der Waals surface area contributed by atoms with Crippen molar-refractivity contribution in [3.8, 4) is 22.9 Å². The van der Waals surface area contributed by atoms with Crippen molar-refractivity contribution in [1.82, 2.24) is 19.1 Å². The first-order chi connectivity index (χ1) is 22.8. The lowest BCUT2D eigenvalue weighted by molar-refractivity contribution is 1.01. The highest BCUT2D eigenvalue weighted by molar-refractivity contribution is 6.19. The minimum absolute atomic E-state index is 0.663. The first kappa shape index (κ1) is 25.1. The second kappa shape index (κ2) is 9.62. The SMILES string of the molecule is c1ccc(-c2nc(-n3c4ccccc4c4cc5c6ccccc6n(-c6cccc7ccccc67)c5cc43)nc3ccccc23)cc1. The molecule has 0 spiro atoms. The number of aromatic nitrogens is 4. The molecule has 10 rings (SSSR count). The Labute approximate surface area is 264 Å². The quantitative estimate of drug-likeness (QED) is 0.206. The number of para-hydroxylation sites is 3. The van der Waals surface area contributed by atoms with Crippen molar-refractivity contribution in [2.75, 3.05) is 0 Å². The molecule has 0 radical (unpaired) electrons. The summed E-state index contributed by atoms with van der Waals surface area (Å²) in [6.45, 7) is 0. The lowest BCUT2D eigenvalue weighted by Crippen LogP contribution is -2.03. The molecule has 46 heavy (non-hydrogen) atoms. The molecule has 0 N–H and O–H groups in total. The van der Waals surface area contributed by atoms with Gasteiger partial charge in [-0.1, -0.05) is 121 Å². The van der Waals surface area contributed by atoms with Crippen LogP contribution in [-0.2, 0) is 0 Å². The van der Waals surface area contributed by atoms with Crippen LogP contribution in [0.3, 0.4) is 0 Å². The zero-order chi connectivity index (χ0) is 30.2. The molecule has 4 nitrogen and oxygen atoms in total. The Bertz CT molecular complexity index is 2800. The van der Waals surface area contributed by atoms with Crippen LogP contribution in [0.25, 0.3) is 88.2 Å². The van der Waals surface area contributed by atoms with E-state index in [4.69, 9.17) is 9.97 Å². The van der Waals surface area contributed by atoms with Crippen LogP contribution in [0.15, 0.2) is 158 Å². The molecular formula is C42H26N4. The third kappa shape index (κ3) is 3.55. The summed E-state index contributed by atoms with van der Waals surface area (Å²) in [4.78, 5) is 10.5. The molecule has 0 fully saturated rings. The van der Waals surface area contributed by atoms with Crippen molar-refractivity contribution in [2.24, 2.45) is 0 Å². The van der Waals surface area contributed by atoms with Gasteiger partial charge in [0.15, 0.2) is 0 Å². The standard InChI is InChI=1S/C42H26N4/c1-2-14-28(15-3-1)41-32-20-6-9-21-35(32)43-42(44-41)46-38-23-11-8-19-31(38)34-25-33-30-18-7-10-22-37(30)45(39(33)26-40(34)46)36-24-12-16-27-13-4-5-17-29(27)36/h1-26H. The monoisotopic (exact) mass is 586 g/mol. The van der Waals surface area contributed by atoms with E-state index in [1.54, 1.807) is 0 Å². The zero-order valence-electron chi connectivity index (χ0n) is 24.8. The minimum atomic E-state index is 0.663. The lowest BCUT2D eigenvalue weighted by atomic mass is 10.1. The van der Waals surface area contributed by atoms with Crippen LogP contribution < -0.4 is 0 Å². The number of fused-ring (bicyclic) bond motifs is 8. The normalized spacial score (nSPS) is 11.9. The highest BCUT2D eigenvalue weighted by Crippen LogP contribution is 2.40. The molecule has 7 aromatic carbocycles. The third-order valence-corrected chi connectivity index (χ3v) is 9.31. The Hall–Kier alpha value is -6.26. The largest absolute Gasteiger partial charge is 0.309 e. The van der Waals surface area contributed by atoms with Gasteiger partial charge in [0.25, 0.3) is 0 Å². The van der Waals surface area contributed by atoms with Crippen molar-refractivity contribution in [3.05, 3.63) is 158 Å². The van der Waals surface area contributed by atoms with Gasteiger partial charge in [-0.2, -0.15) is 0 Å². The number of benzene rings is 7. The van der Waals surface area contributed by atoms with Crippen molar-refractivity contribution >= 4 is 65.3 Å². The summed E-state index contributed by atoms with van der Waals surface area (Å²) in [5, 5.41) is 8.30. The summed E-state index contributed by atoms with van der Waals surface area (Å²) >= 11 is 0. The molecule has 0 aliphatic heterocycles. The number of hydrogen-bond donors (Lipinski definition) is 0. The van der Waals surface area contributed by atoms with E-state index in [-0.39, 0.29) is 0 Å². The van der Waals surface area contributed by atoms with Crippen LogP contribution in [0.2, 0.25) is 0 Å². The first-order valence-electron chi connectivity index (χ1n) is 15.6. The minimum Gasteiger partial charge on any atom is -0.309 e. The summed E-state index contributed by atoms with van der Waals surface area (Å²) < 4.78 is 4.67. The maximum Gasteiger partial charge on any atom is 0.235 e. The van der Waals surface area contributed by atoms with Crippen LogP contribution in [-0.4, -0.2) is 19.1 Å². The van der Waals surface area contributed by atoms with E-state index in [1.807, 2.05) is 12.1 Å². The van der Waals surface area contributed by atoms with Gasteiger partial charge >= 0.3 is 0 Å². The maximum absolute atomic E-state index is 5.30. The Morgan fingerprint density at radius 2 is 0.957 bits per heavy atom. The van der Waals surface area contributed by atoms with Gasteiger partial charge in [0.2, 0.25) is 5.95 Å². The van der Waals surface area contributed by atoms with Gasteiger partial charge in [-0.15, -0.1) is 0 Å². The molecule has 3 aromatic heterocycles. The number of hydrogen-bond acceptors (Lipinski definition) is 2. The summed E-state index contributed by atoms with van der Waals surface area (Å²) in [6, 6.07) is 56.0. The number of rotatable bonds is 3. The Kier molecular flexibility index (Phi) is 5.25. The second-order valence-corrected chi connectivity index (χ2v) is 11.8. The molecule has 0 unspecified atom stereocenters. The average molecular weight is 587 g/mol. The molecule has 4 heteroatoms. The molecule has 0 saturated carbocycles. The Morgan fingerprint density at radius 3 is 1.74 bits per heavy atom. The molecule has 214 valence electrons. The predicted octanol–water partition coefficient (Wildman–Crippen LogP) is 10.6. The fourth-order valence-corrected chi connectivity index (χ4v) is 7.29. The van der Waals surface area contributed by atoms with E-state index in [9.17, 15) is 0 Å². The van der Waals surface area contributed by atoms with Gasteiger partial charge in [0.05, 0.1) is 39.0 Å². The first-order valence-corrected chi connectivity index (χ1v) is 15.6. The van der Waals surface area contributed by atoms with Gasteiger partial charge in [0.1, 0.15) is 0 Å². The highest BCUT2D eigenvalue weighted by Gasteiger charge is 2.21. The molecule has 0 saturated heterocycles. The van der Waals surface area contributed by atoms with E-state index in [0.717, 1.165) is 38.7 Å². The second-order valence-electron chi connectivity index (χ2n) is 11.8. The van der Waals surface area contributed by atoms with Crippen LogP contribution in [0.1, 0.15) is 0 Å². The maximum atomic E-state index is 5.30. The van der Waals surface area contributed by atoms with Gasteiger partial charge < -0.3 is 4.57 Å². The third-order valence-electron chi connectivity index (χ3n) is 9.31. The molecule has 0 bridgehead atoms. The smallest absolute Gasteiger partial charge is 0.235 e. The average Bonchev–Trinajstić information content (AvgIpc) is 3.62. The van der Waals surface area contributed by atoms with Gasteiger partial charge in [-0.25, -0.2) is 9.97 Å². The fourth-order valence-electron chi connectivity index (χ4n) is 7.29. The highest BCUT2D eigenvalue weighted by atomic mass is 15.2. The summed E-state index contributed by atoms with van der Waals surface area (Å²) in [6.07, 6.45) is 0. The van der Waals surface area contributed by atoms with Crippen molar-refractivity contribution in [1.29, 1.82) is 0 Å². The zero-order valence-corrected chi connectivity index (χ0v) is 24.8. The Balaban J connectivity index is 1.36. The Morgan fingerprint density at radius 1 is 0.370 bits per heavy atom. The summed E-state index contributed by atoms with van der Waals surface area (Å²) in [7, 11) is 0. The van der Waals surface area contributed by atoms with Crippen LogP contribution >= 0.6 is 0 Å². The molecule has 3 heterocycles. The van der Waals surface area contributed by atoms with Crippen LogP contribution in [0.5, 0.6) is 0 Å². The van der Waals surface area contributed by atoms with Crippen molar-refractivity contribution in [3.63, 3.8) is 0 Å². The van der Waals surface area contributed by atoms with Crippen molar-refractivity contribution in [2.45, 2.75) is 0 Å². The van der Waals surface area contributed by atoms with Gasteiger partial charge in [-0.3, -0.25) is 4.57 Å². The van der Waals surface area contributed by atoms with E-state index < -0.39 is 0 Å². The van der Waals surface area contributed by atoms with Crippen molar-refractivity contribution < 1.29 is 0 Å².